The van der Waals surface area contributed by atoms with Crippen LogP contribution in [0.3, 0.4) is 0 Å². The van der Waals surface area contributed by atoms with E-state index < -0.39 is 0 Å². The SMILES string of the molecule is C=CCCCC1=C(COC(C)=O)CC[C@H](C(C)C)C1. The molecule has 0 bridgehead atoms. The van der Waals surface area contributed by atoms with Crippen molar-refractivity contribution in [2.75, 3.05) is 6.61 Å². The van der Waals surface area contributed by atoms with E-state index in [1.54, 1.807) is 0 Å². The number of allylic oxidation sites excluding steroid dienone is 2. The Morgan fingerprint density at radius 3 is 2.79 bits per heavy atom. The maximum Gasteiger partial charge on any atom is 0.302 e. The molecular formula is C17H28O2. The van der Waals surface area contributed by atoms with Crippen LogP contribution in [0.2, 0.25) is 0 Å². The first-order chi connectivity index (χ1) is 9.04. The van der Waals surface area contributed by atoms with Gasteiger partial charge >= 0.3 is 5.97 Å². The van der Waals surface area contributed by atoms with Crippen molar-refractivity contribution >= 4 is 5.97 Å². The first-order valence-electron chi connectivity index (χ1n) is 7.48. The highest BCUT2D eigenvalue weighted by Gasteiger charge is 2.23. The normalized spacial score (nSPS) is 19.7. The largest absolute Gasteiger partial charge is 0.461 e. The summed E-state index contributed by atoms with van der Waals surface area (Å²) in [4.78, 5) is 11.0. The Kier molecular flexibility index (Phi) is 6.90. The Labute approximate surface area is 117 Å². The minimum atomic E-state index is -0.177. The molecule has 0 saturated heterocycles. The van der Waals surface area contributed by atoms with Crippen molar-refractivity contribution in [3.63, 3.8) is 0 Å². The molecule has 0 aromatic heterocycles. The number of rotatable bonds is 7. The number of carbonyl (C=O) groups is 1. The van der Waals surface area contributed by atoms with Gasteiger partial charge in [-0.15, -0.1) is 6.58 Å². The molecular weight excluding hydrogens is 236 g/mol. The summed E-state index contributed by atoms with van der Waals surface area (Å²) in [5, 5.41) is 0. The third-order valence-electron chi connectivity index (χ3n) is 4.10. The van der Waals surface area contributed by atoms with E-state index in [4.69, 9.17) is 4.74 Å². The number of unbranched alkanes of at least 4 members (excludes halogenated alkanes) is 1. The Morgan fingerprint density at radius 2 is 2.21 bits per heavy atom. The lowest BCUT2D eigenvalue weighted by molar-refractivity contribution is -0.140. The van der Waals surface area contributed by atoms with Gasteiger partial charge < -0.3 is 4.74 Å². The Hall–Kier alpha value is -1.05. The van der Waals surface area contributed by atoms with Gasteiger partial charge in [0, 0.05) is 6.92 Å². The zero-order valence-corrected chi connectivity index (χ0v) is 12.7. The molecule has 0 fully saturated rings. The third-order valence-corrected chi connectivity index (χ3v) is 4.10. The van der Waals surface area contributed by atoms with Gasteiger partial charge in [0.2, 0.25) is 0 Å². The van der Waals surface area contributed by atoms with Crippen LogP contribution in [0.4, 0.5) is 0 Å². The average molecular weight is 264 g/mol. The number of carbonyl (C=O) groups excluding carboxylic acids is 1. The van der Waals surface area contributed by atoms with Crippen molar-refractivity contribution in [3.05, 3.63) is 23.8 Å². The van der Waals surface area contributed by atoms with Gasteiger partial charge in [-0.3, -0.25) is 4.79 Å². The van der Waals surface area contributed by atoms with Crippen molar-refractivity contribution in [3.8, 4) is 0 Å². The third kappa shape index (κ3) is 5.63. The predicted molar refractivity (Wildman–Crippen MR) is 79.9 cm³/mol. The molecule has 0 aromatic rings. The molecule has 0 aliphatic heterocycles. The minimum absolute atomic E-state index is 0.177. The second-order valence-electron chi connectivity index (χ2n) is 5.92. The van der Waals surface area contributed by atoms with Crippen molar-refractivity contribution in [1.29, 1.82) is 0 Å². The van der Waals surface area contributed by atoms with E-state index in [1.165, 1.54) is 30.9 Å². The summed E-state index contributed by atoms with van der Waals surface area (Å²) in [5.41, 5.74) is 2.91. The molecule has 19 heavy (non-hydrogen) atoms. The fraction of sp³-hybridized carbons (Fsp3) is 0.706. The van der Waals surface area contributed by atoms with E-state index in [2.05, 4.69) is 20.4 Å². The first-order valence-corrected chi connectivity index (χ1v) is 7.48. The van der Waals surface area contributed by atoms with Gasteiger partial charge in [-0.1, -0.05) is 25.5 Å². The summed E-state index contributed by atoms with van der Waals surface area (Å²) >= 11 is 0. The first kappa shape index (κ1) is 16.0. The van der Waals surface area contributed by atoms with Crippen LogP contribution in [-0.2, 0) is 9.53 Å². The van der Waals surface area contributed by atoms with E-state index in [9.17, 15) is 4.79 Å². The molecule has 0 unspecified atom stereocenters. The smallest absolute Gasteiger partial charge is 0.302 e. The van der Waals surface area contributed by atoms with Crippen molar-refractivity contribution in [1.82, 2.24) is 0 Å². The van der Waals surface area contributed by atoms with Crippen LogP contribution in [0.15, 0.2) is 23.8 Å². The predicted octanol–water partition coefficient (Wildman–Crippen LogP) is 4.66. The molecule has 1 aliphatic carbocycles. The van der Waals surface area contributed by atoms with Gasteiger partial charge in [0.15, 0.2) is 0 Å². The van der Waals surface area contributed by atoms with E-state index in [0.717, 1.165) is 37.5 Å². The fourth-order valence-electron chi connectivity index (χ4n) is 2.77. The standard InChI is InChI=1S/C17H28O2/c1-5-6-7-8-16-11-15(13(2)3)9-10-17(16)12-19-14(4)18/h5,13,15H,1,6-12H2,2-4H3/t15-/m0/s1. The van der Waals surface area contributed by atoms with Crippen LogP contribution in [0.5, 0.6) is 0 Å². The van der Waals surface area contributed by atoms with E-state index >= 15 is 0 Å². The van der Waals surface area contributed by atoms with Gasteiger partial charge in [-0.25, -0.2) is 0 Å². The number of ether oxygens (including phenoxy) is 1. The monoisotopic (exact) mass is 264 g/mol. The van der Waals surface area contributed by atoms with Crippen LogP contribution in [-0.4, -0.2) is 12.6 Å². The van der Waals surface area contributed by atoms with E-state index in [0.29, 0.717) is 6.61 Å². The highest BCUT2D eigenvalue weighted by molar-refractivity contribution is 5.66. The molecule has 0 aromatic carbocycles. The number of esters is 1. The second kappa shape index (κ2) is 8.19. The lowest BCUT2D eigenvalue weighted by atomic mass is 9.77. The maximum atomic E-state index is 11.0. The van der Waals surface area contributed by atoms with E-state index in [-0.39, 0.29) is 5.97 Å². The molecule has 0 saturated carbocycles. The average Bonchev–Trinajstić information content (AvgIpc) is 2.37. The van der Waals surface area contributed by atoms with Crippen LogP contribution in [0.1, 0.15) is 59.3 Å². The molecule has 2 heteroatoms. The van der Waals surface area contributed by atoms with Crippen molar-refractivity contribution in [2.24, 2.45) is 11.8 Å². The quantitative estimate of drug-likeness (QED) is 0.380. The molecule has 1 atom stereocenters. The van der Waals surface area contributed by atoms with Crippen LogP contribution in [0, 0.1) is 11.8 Å². The summed E-state index contributed by atoms with van der Waals surface area (Å²) in [5.74, 6) is 1.36. The van der Waals surface area contributed by atoms with Crippen LogP contribution in [0.25, 0.3) is 0 Å². The number of hydrogen-bond acceptors (Lipinski definition) is 2. The number of hydrogen-bond donors (Lipinski definition) is 0. The second-order valence-corrected chi connectivity index (χ2v) is 5.92. The van der Waals surface area contributed by atoms with Crippen LogP contribution < -0.4 is 0 Å². The Bertz CT molecular complexity index is 339. The molecule has 108 valence electrons. The molecule has 1 aliphatic rings. The highest BCUT2D eigenvalue weighted by Crippen LogP contribution is 2.36. The maximum absolute atomic E-state index is 11.0. The van der Waals surface area contributed by atoms with Crippen molar-refractivity contribution < 1.29 is 9.53 Å². The molecule has 0 radical (unpaired) electrons. The van der Waals surface area contributed by atoms with Crippen molar-refractivity contribution in [2.45, 2.75) is 59.3 Å². The molecule has 0 spiro atoms. The highest BCUT2D eigenvalue weighted by atomic mass is 16.5. The van der Waals surface area contributed by atoms with Gasteiger partial charge in [0.05, 0.1) is 0 Å². The minimum Gasteiger partial charge on any atom is -0.461 e. The van der Waals surface area contributed by atoms with Gasteiger partial charge in [-0.2, -0.15) is 0 Å². The molecule has 2 nitrogen and oxygen atoms in total. The summed E-state index contributed by atoms with van der Waals surface area (Å²) in [6.45, 7) is 10.4. The zero-order valence-electron chi connectivity index (χ0n) is 12.7. The topological polar surface area (TPSA) is 26.3 Å². The Morgan fingerprint density at radius 1 is 1.47 bits per heavy atom. The molecule has 0 N–H and O–H groups in total. The van der Waals surface area contributed by atoms with Gasteiger partial charge in [0.25, 0.3) is 0 Å². The summed E-state index contributed by atoms with van der Waals surface area (Å²) in [6, 6.07) is 0. The Balaban J connectivity index is 2.67. The van der Waals surface area contributed by atoms with Gasteiger partial charge in [-0.05, 0) is 55.9 Å². The van der Waals surface area contributed by atoms with E-state index in [1.807, 2.05) is 6.08 Å². The molecule has 1 rings (SSSR count). The lowest BCUT2D eigenvalue weighted by Gasteiger charge is -2.30. The summed E-state index contributed by atoms with van der Waals surface area (Å²) < 4.78 is 5.20. The zero-order chi connectivity index (χ0) is 14.3. The van der Waals surface area contributed by atoms with Crippen LogP contribution >= 0.6 is 0 Å². The summed E-state index contributed by atoms with van der Waals surface area (Å²) in [6.07, 6.45) is 8.86. The fourth-order valence-corrected chi connectivity index (χ4v) is 2.77. The van der Waals surface area contributed by atoms with Gasteiger partial charge in [0.1, 0.15) is 6.61 Å². The molecule has 0 amide bonds. The lowest BCUT2D eigenvalue weighted by Crippen LogP contribution is -2.18. The molecule has 0 heterocycles. The summed E-state index contributed by atoms with van der Waals surface area (Å²) in [7, 11) is 0.